The Bertz CT molecular complexity index is 27.0. The van der Waals surface area contributed by atoms with Gasteiger partial charge in [0.2, 0.25) is 0 Å². The van der Waals surface area contributed by atoms with Gasteiger partial charge in [-0.1, -0.05) is 13.3 Å². The highest BCUT2D eigenvalue weighted by molar-refractivity contribution is 4.83. The Hall–Kier alpha value is 0. The summed E-state index contributed by atoms with van der Waals surface area (Å²) in [7, 11) is 0. The Kier molecular flexibility index (Phi) is 0.640. The summed E-state index contributed by atoms with van der Waals surface area (Å²) in [5, 5.41) is 0. The van der Waals surface area contributed by atoms with E-state index < -0.39 is 0 Å². The zero-order chi connectivity index (χ0) is 3.70. The molecule has 5 heavy (non-hydrogen) atoms. The first-order valence-electron chi connectivity index (χ1n) is 2.23. The molecule has 0 saturated heterocycles. The van der Waals surface area contributed by atoms with Crippen LogP contribution in [0.15, 0.2) is 0 Å². The van der Waals surface area contributed by atoms with Gasteiger partial charge in [0, 0.05) is 0 Å². The number of hydrogen-bond donors (Lipinski definition) is 0. The van der Waals surface area contributed by atoms with Crippen molar-refractivity contribution in [3.05, 3.63) is 6.42 Å². The lowest BCUT2D eigenvalue weighted by molar-refractivity contribution is 0.472. The van der Waals surface area contributed by atoms with Crippen molar-refractivity contribution in [2.45, 2.75) is 19.8 Å². The fourth-order valence-corrected chi connectivity index (χ4v) is 0.500. The molecule has 0 bridgehead atoms. The van der Waals surface area contributed by atoms with Crippen molar-refractivity contribution in [1.82, 2.24) is 0 Å². The van der Waals surface area contributed by atoms with E-state index in [1.165, 1.54) is 12.8 Å². The van der Waals surface area contributed by atoms with Crippen LogP contribution in [-0.2, 0) is 0 Å². The topological polar surface area (TPSA) is 0 Å². The van der Waals surface area contributed by atoms with Crippen molar-refractivity contribution < 1.29 is 0 Å². The van der Waals surface area contributed by atoms with Gasteiger partial charge >= 0.3 is 0 Å². The van der Waals surface area contributed by atoms with E-state index in [0.29, 0.717) is 0 Å². The maximum Gasteiger partial charge on any atom is -0.0357 e. The smallest absolute Gasteiger partial charge is 0.0357 e. The molecule has 0 aromatic rings. The molecule has 1 atom stereocenters. The third-order valence-corrected chi connectivity index (χ3v) is 1.19. The monoisotopic (exact) mass is 69.1 g/mol. The van der Waals surface area contributed by atoms with Gasteiger partial charge in [-0.3, -0.25) is 0 Å². The van der Waals surface area contributed by atoms with Gasteiger partial charge in [-0.25, -0.2) is 0 Å². The summed E-state index contributed by atoms with van der Waals surface area (Å²) in [6, 6.07) is 0. The molecule has 1 radical (unpaired) electrons. The van der Waals surface area contributed by atoms with E-state index in [0.717, 1.165) is 5.92 Å². The number of hydrogen-bond acceptors (Lipinski definition) is 0. The lowest BCUT2D eigenvalue weighted by Crippen LogP contribution is -2.05. The van der Waals surface area contributed by atoms with Gasteiger partial charge in [-0.2, -0.15) is 0 Å². The van der Waals surface area contributed by atoms with Gasteiger partial charge in [0.15, 0.2) is 0 Å². The average molecular weight is 69.1 g/mol. The van der Waals surface area contributed by atoms with E-state index in [2.05, 4.69) is 13.3 Å². The summed E-state index contributed by atoms with van der Waals surface area (Å²) in [6.45, 7) is 2.25. The molecule has 1 saturated carbocycles. The van der Waals surface area contributed by atoms with E-state index >= 15 is 0 Å². The fourth-order valence-electron chi connectivity index (χ4n) is 0.500. The van der Waals surface area contributed by atoms with Crippen LogP contribution in [0.4, 0.5) is 0 Å². The Morgan fingerprint density at radius 2 is 2.20 bits per heavy atom. The van der Waals surface area contributed by atoms with Crippen LogP contribution in [0.2, 0.25) is 0 Å². The molecular formula is C5H9. The zero-order valence-corrected chi connectivity index (χ0v) is 3.57. The summed E-state index contributed by atoms with van der Waals surface area (Å²) in [5.41, 5.74) is 0. The Labute approximate surface area is 33.2 Å². The van der Waals surface area contributed by atoms with Crippen molar-refractivity contribution in [3.63, 3.8) is 0 Å². The molecule has 0 heteroatoms. The Balaban J connectivity index is 2.08. The maximum atomic E-state index is 2.35. The highest BCUT2D eigenvalue weighted by Crippen LogP contribution is 2.22. The Morgan fingerprint density at radius 1 is 1.80 bits per heavy atom. The minimum atomic E-state index is 0.940. The molecule has 0 heterocycles. The second-order valence-electron chi connectivity index (χ2n) is 1.79. The SMILES string of the molecule is C[C@H]1[CH]CC1. The van der Waals surface area contributed by atoms with Crippen molar-refractivity contribution in [1.29, 1.82) is 0 Å². The van der Waals surface area contributed by atoms with E-state index in [1.807, 2.05) is 0 Å². The van der Waals surface area contributed by atoms with Crippen molar-refractivity contribution in [2.75, 3.05) is 0 Å². The highest BCUT2D eigenvalue weighted by atomic mass is 14.1. The predicted molar refractivity (Wildman–Crippen MR) is 22.7 cm³/mol. The summed E-state index contributed by atoms with van der Waals surface area (Å²) in [4.78, 5) is 0. The summed E-state index contributed by atoms with van der Waals surface area (Å²) >= 11 is 0. The fraction of sp³-hybridized carbons (Fsp3) is 0.800. The van der Waals surface area contributed by atoms with Crippen LogP contribution in [0.25, 0.3) is 0 Å². The predicted octanol–water partition coefficient (Wildman–Crippen LogP) is 1.62. The van der Waals surface area contributed by atoms with E-state index in [9.17, 15) is 0 Å². The minimum Gasteiger partial charge on any atom is -0.0622 e. The van der Waals surface area contributed by atoms with Crippen molar-refractivity contribution in [3.8, 4) is 0 Å². The summed E-state index contributed by atoms with van der Waals surface area (Å²) in [6.07, 6.45) is 5.14. The van der Waals surface area contributed by atoms with Crippen LogP contribution in [0.1, 0.15) is 19.8 Å². The molecule has 1 aliphatic rings. The molecule has 0 nitrogen and oxygen atoms in total. The lowest BCUT2D eigenvalue weighted by atomic mass is 9.88. The van der Waals surface area contributed by atoms with Gasteiger partial charge in [-0.15, -0.1) is 0 Å². The average Bonchev–Trinajstić information content (AvgIpc) is 1.30. The summed E-state index contributed by atoms with van der Waals surface area (Å²) in [5.74, 6) is 0.940. The van der Waals surface area contributed by atoms with Crippen LogP contribution in [0, 0.1) is 12.3 Å². The van der Waals surface area contributed by atoms with E-state index in [-0.39, 0.29) is 0 Å². The largest absolute Gasteiger partial charge is 0.0622 e. The van der Waals surface area contributed by atoms with Crippen molar-refractivity contribution in [2.24, 2.45) is 5.92 Å². The second-order valence-corrected chi connectivity index (χ2v) is 1.79. The lowest BCUT2D eigenvalue weighted by Gasteiger charge is -2.18. The van der Waals surface area contributed by atoms with Gasteiger partial charge in [-0.05, 0) is 18.8 Å². The van der Waals surface area contributed by atoms with Crippen molar-refractivity contribution >= 4 is 0 Å². The van der Waals surface area contributed by atoms with Crippen LogP contribution in [0.5, 0.6) is 0 Å². The molecule has 1 fully saturated rings. The van der Waals surface area contributed by atoms with Crippen LogP contribution >= 0.6 is 0 Å². The molecule has 29 valence electrons. The molecular weight excluding hydrogens is 60.1 g/mol. The standard InChI is InChI=1S/C5H9/c1-5-3-2-4-5/h3,5H,2,4H2,1H3/t5-/m0/s1. The van der Waals surface area contributed by atoms with Gasteiger partial charge < -0.3 is 0 Å². The minimum absolute atomic E-state index is 0.940. The highest BCUT2D eigenvalue weighted by Gasteiger charge is 2.09. The van der Waals surface area contributed by atoms with Crippen LogP contribution in [0.3, 0.4) is 0 Å². The number of rotatable bonds is 0. The molecule has 0 aromatic carbocycles. The van der Waals surface area contributed by atoms with Crippen LogP contribution < -0.4 is 0 Å². The normalized spacial score (nSPS) is 25.8. The van der Waals surface area contributed by atoms with Crippen LogP contribution in [-0.4, -0.2) is 0 Å². The zero-order valence-electron chi connectivity index (χ0n) is 3.57. The molecule has 0 unspecified atom stereocenters. The third-order valence-electron chi connectivity index (χ3n) is 1.19. The summed E-state index contributed by atoms with van der Waals surface area (Å²) < 4.78 is 0. The molecule has 0 amide bonds. The molecule has 0 N–H and O–H groups in total. The van der Waals surface area contributed by atoms with Gasteiger partial charge in [0.05, 0.1) is 0 Å². The first kappa shape index (κ1) is 3.20. The Morgan fingerprint density at radius 3 is 2.20 bits per heavy atom. The first-order valence-corrected chi connectivity index (χ1v) is 2.23. The molecule has 0 spiro atoms. The quantitative estimate of drug-likeness (QED) is 0.405. The first-order chi connectivity index (χ1) is 2.39. The van der Waals surface area contributed by atoms with E-state index in [1.54, 1.807) is 0 Å². The maximum absolute atomic E-state index is 2.35. The van der Waals surface area contributed by atoms with Gasteiger partial charge in [0.25, 0.3) is 0 Å². The molecule has 1 rings (SSSR count). The molecule has 0 aliphatic heterocycles. The van der Waals surface area contributed by atoms with E-state index in [4.69, 9.17) is 0 Å². The molecule has 0 aromatic heterocycles. The second kappa shape index (κ2) is 1.00. The third kappa shape index (κ3) is 0.444. The molecule has 1 aliphatic carbocycles. The van der Waals surface area contributed by atoms with Gasteiger partial charge in [0.1, 0.15) is 0 Å².